The number of likely N-dealkylation sites (N-methyl/N-ethyl adjacent to an activating group) is 1. The fourth-order valence-electron chi connectivity index (χ4n) is 2.00. The smallest absolute Gasteiger partial charge is 0.245 e. The van der Waals surface area contributed by atoms with Crippen LogP contribution in [0, 0.1) is 6.92 Å². The van der Waals surface area contributed by atoms with Crippen LogP contribution in [-0.4, -0.2) is 34.8 Å². The largest absolute Gasteiger partial charge is 0.333 e. The quantitative estimate of drug-likeness (QED) is 0.890. The van der Waals surface area contributed by atoms with Crippen molar-refractivity contribution in [1.29, 1.82) is 0 Å². The van der Waals surface area contributed by atoms with E-state index in [0.717, 1.165) is 11.3 Å². The average Bonchev–Trinajstić information content (AvgIpc) is 2.90. The Kier molecular flexibility index (Phi) is 5.66. The maximum absolute atomic E-state index is 12.3. The second kappa shape index (κ2) is 7.70. The first kappa shape index (κ1) is 16.2. The summed E-state index contributed by atoms with van der Waals surface area (Å²) in [4.78, 5) is 30.0. The number of thiazole rings is 1. The van der Waals surface area contributed by atoms with Crippen molar-refractivity contribution in [2.75, 3.05) is 18.4 Å². The molecule has 0 atom stereocenters. The molecule has 116 valence electrons. The van der Waals surface area contributed by atoms with Gasteiger partial charge in [-0.25, -0.2) is 4.98 Å². The van der Waals surface area contributed by atoms with E-state index < -0.39 is 0 Å². The van der Waals surface area contributed by atoms with Crippen molar-refractivity contribution in [1.82, 2.24) is 9.88 Å². The molecule has 2 amide bonds. The van der Waals surface area contributed by atoms with Crippen molar-refractivity contribution in [2.24, 2.45) is 0 Å². The fraction of sp³-hybridized carbons (Fsp3) is 0.312. The molecule has 1 N–H and O–H groups in total. The molecule has 6 heteroatoms. The number of carbonyl (C=O) groups excluding carboxylic acids is 2. The predicted molar refractivity (Wildman–Crippen MR) is 87.9 cm³/mol. The van der Waals surface area contributed by atoms with Gasteiger partial charge in [0.2, 0.25) is 11.8 Å². The van der Waals surface area contributed by atoms with Gasteiger partial charge in [-0.15, -0.1) is 11.3 Å². The molecule has 2 aromatic rings. The molecule has 0 spiro atoms. The standard InChI is InChI=1S/C16H19N3O2S/c1-3-19(15(21)9-13-7-5-4-6-8-13)10-14(20)18-16-17-12(2)11-22-16/h4-8,11H,3,9-10H2,1-2H3,(H,17,18,20). The Morgan fingerprint density at radius 3 is 2.59 bits per heavy atom. The van der Waals surface area contributed by atoms with Gasteiger partial charge in [0.1, 0.15) is 0 Å². The molecule has 0 aliphatic heterocycles. The molecule has 0 bridgehead atoms. The van der Waals surface area contributed by atoms with Crippen molar-refractivity contribution in [2.45, 2.75) is 20.3 Å². The van der Waals surface area contributed by atoms with Crippen LogP contribution in [0.3, 0.4) is 0 Å². The zero-order valence-corrected chi connectivity index (χ0v) is 13.5. The zero-order valence-electron chi connectivity index (χ0n) is 12.7. The number of aryl methyl sites for hydroxylation is 1. The van der Waals surface area contributed by atoms with Crippen LogP contribution in [-0.2, 0) is 16.0 Å². The number of rotatable bonds is 6. The van der Waals surface area contributed by atoms with Crippen LogP contribution in [0.1, 0.15) is 18.2 Å². The third-order valence-corrected chi connectivity index (χ3v) is 4.01. The average molecular weight is 317 g/mol. The van der Waals surface area contributed by atoms with E-state index >= 15 is 0 Å². The summed E-state index contributed by atoms with van der Waals surface area (Å²) in [6, 6.07) is 9.52. The SMILES string of the molecule is CCN(CC(=O)Nc1nc(C)cs1)C(=O)Cc1ccccc1. The van der Waals surface area contributed by atoms with Crippen LogP contribution in [0.2, 0.25) is 0 Å². The molecule has 5 nitrogen and oxygen atoms in total. The van der Waals surface area contributed by atoms with Crippen LogP contribution in [0.15, 0.2) is 35.7 Å². The topological polar surface area (TPSA) is 62.3 Å². The first-order chi connectivity index (χ1) is 10.6. The number of aromatic nitrogens is 1. The van der Waals surface area contributed by atoms with Gasteiger partial charge in [-0.05, 0) is 19.4 Å². The Labute approximate surface area is 134 Å². The van der Waals surface area contributed by atoms with Gasteiger partial charge in [0.05, 0.1) is 18.7 Å². The van der Waals surface area contributed by atoms with Gasteiger partial charge in [0, 0.05) is 11.9 Å². The van der Waals surface area contributed by atoms with Gasteiger partial charge in [0.15, 0.2) is 5.13 Å². The number of nitrogens with one attached hydrogen (secondary N) is 1. The van der Waals surface area contributed by atoms with Gasteiger partial charge in [-0.2, -0.15) is 0 Å². The maximum Gasteiger partial charge on any atom is 0.245 e. The Balaban J connectivity index is 1.90. The monoisotopic (exact) mass is 317 g/mol. The lowest BCUT2D eigenvalue weighted by Gasteiger charge is -2.20. The lowest BCUT2D eigenvalue weighted by Crippen LogP contribution is -2.38. The minimum atomic E-state index is -0.224. The molecule has 1 aromatic heterocycles. The Morgan fingerprint density at radius 2 is 2.00 bits per heavy atom. The highest BCUT2D eigenvalue weighted by atomic mass is 32.1. The number of carbonyl (C=O) groups is 2. The summed E-state index contributed by atoms with van der Waals surface area (Å²) < 4.78 is 0. The summed E-state index contributed by atoms with van der Waals surface area (Å²) >= 11 is 1.38. The fourth-order valence-corrected chi connectivity index (χ4v) is 2.71. The molecule has 0 unspecified atom stereocenters. The summed E-state index contributed by atoms with van der Waals surface area (Å²) in [5, 5.41) is 5.15. The zero-order chi connectivity index (χ0) is 15.9. The normalized spacial score (nSPS) is 10.3. The van der Waals surface area contributed by atoms with Crippen molar-refractivity contribution in [3.8, 4) is 0 Å². The molecule has 0 radical (unpaired) electrons. The molecule has 0 aliphatic carbocycles. The minimum Gasteiger partial charge on any atom is -0.333 e. The Hall–Kier alpha value is -2.21. The van der Waals surface area contributed by atoms with Crippen LogP contribution >= 0.6 is 11.3 Å². The number of hydrogen-bond acceptors (Lipinski definition) is 4. The molecule has 0 saturated heterocycles. The van der Waals surface area contributed by atoms with E-state index in [1.165, 1.54) is 11.3 Å². The number of benzene rings is 1. The van der Waals surface area contributed by atoms with Crippen molar-refractivity contribution in [3.05, 3.63) is 47.0 Å². The van der Waals surface area contributed by atoms with E-state index in [-0.39, 0.29) is 18.4 Å². The van der Waals surface area contributed by atoms with E-state index in [1.807, 2.05) is 49.6 Å². The summed E-state index contributed by atoms with van der Waals surface area (Å²) in [6.07, 6.45) is 0.304. The first-order valence-electron chi connectivity index (χ1n) is 7.12. The lowest BCUT2D eigenvalue weighted by molar-refractivity contribution is -0.133. The van der Waals surface area contributed by atoms with E-state index in [2.05, 4.69) is 10.3 Å². The number of nitrogens with zero attached hydrogens (tertiary/aromatic N) is 2. The van der Waals surface area contributed by atoms with E-state index in [9.17, 15) is 9.59 Å². The summed E-state index contributed by atoms with van der Waals surface area (Å²) in [7, 11) is 0. The second-order valence-corrected chi connectivity index (χ2v) is 5.77. The highest BCUT2D eigenvalue weighted by Crippen LogP contribution is 2.14. The molecule has 2 rings (SSSR count). The number of anilines is 1. The van der Waals surface area contributed by atoms with E-state index in [1.54, 1.807) is 4.90 Å². The van der Waals surface area contributed by atoms with Gasteiger partial charge < -0.3 is 10.2 Å². The summed E-state index contributed by atoms with van der Waals surface area (Å²) in [6.45, 7) is 4.27. The molecule has 0 aliphatic rings. The highest BCUT2D eigenvalue weighted by Gasteiger charge is 2.16. The predicted octanol–water partition coefficient (Wildman–Crippen LogP) is 2.48. The van der Waals surface area contributed by atoms with Crippen molar-refractivity contribution >= 4 is 28.3 Å². The molecule has 1 heterocycles. The third kappa shape index (κ3) is 4.66. The lowest BCUT2D eigenvalue weighted by atomic mass is 10.1. The molecule has 0 fully saturated rings. The van der Waals surface area contributed by atoms with Gasteiger partial charge in [-0.3, -0.25) is 9.59 Å². The Morgan fingerprint density at radius 1 is 1.27 bits per heavy atom. The number of amides is 2. The molecule has 1 aromatic carbocycles. The molecule has 22 heavy (non-hydrogen) atoms. The van der Waals surface area contributed by atoms with Crippen molar-refractivity contribution < 1.29 is 9.59 Å². The van der Waals surface area contributed by atoms with Gasteiger partial charge in [0.25, 0.3) is 0 Å². The summed E-state index contributed by atoms with van der Waals surface area (Å²) in [5.41, 5.74) is 1.81. The van der Waals surface area contributed by atoms with Crippen LogP contribution in [0.4, 0.5) is 5.13 Å². The van der Waals surface area contributed by atoms with E-state index in [0.29, 0.717) is 18.1 Å². The molecular formula is C16H19N3O2S. The van der Waals surface area contributed by atoms with Crippen LogP contribution in [0.25, 0.3) is 0 Å². The molecule has 0 saturated carbocycles. The Bertz CT molecular complexity index is 640. The van der Waals surface area contributed by atoms with Gasteiger partial charge in [-0.1, -0.05) is 30.3 Å². The summed E-state index contributed by atoms with van der Waals surface area (Å²) in [5.74, 6) is -0.281. The second-order valence-electron chi connectivity index (χ2n) is 4.91. The van der Waals surface area contributed by atoms with E-state index in [4.69, 9.17) is 0 Å². The maximum atomic E-state index is 12.3. The first-order valence-corrected chi connectivity index (χ1v) is 8.00. The third-order valence-electron chi connectivity index (χ3n) is 3.13. The minimum absolute atomic E-state index is 0.0425. The highest BCUT2D eigenvalue weighted by molar-refractivity contribution is 7.13. The molecular weight excluding hydrogens is 298 g/mol. The van der Waals surface area contributed by atoms with Gasteiger partial charge >= 0.3 is 0 Å². The van der Waals surface area contributed by atoms with Crippen LogP contribution < -0.4 is 5.32 Å². The van der Waals surface area contributed by atoms with Crippen LogP contribution in [0.5, 0.6) is 0 Å². The number of hydrogen-bond donors (Lipinski definition) is 1. The van der Waals surface area contributed by atoms with Crippen molar-refractivity contribution in [3.63, 3.8) is 0 Å².